The first-order valence-corrected chi connectivity index (χ1v) is 18.8. The van der Waals surface area contributed by atoms with Gasteiger partial charge < -0.3 is 35.6 Å². The zero-order valence-electron chi connectivity index (χ0n) is 33.2. The summed E-state index contributed by atoms with van der Waals surface area (Å²) in [4.78, 5) is 30.9. The van der Waals surface area contributed by atoms with Crippen LogP contribution < -0.4 is 20.5 Å². The van der Waals surface area contributed by atoms with Gasteiger partial charge >= 0.3 is 5.97 Å². The molecule has 2 aliphatic rings. The van der Waals surface area contributed by atoms with E-state index in [1.807, 2.05) is 72.8 Å². The quantitative estimate of drug-likeness (QED) is 0.103. The van der Waals surface area contributed by atoms with Crippen LogP contribution in [0.1, 0.15) is 97.2 Å². The zero-order valence-corrected chi connectivity index (χ0v) is 33.2. The average Bonchev–Trinajstić information content (AvgIpc) is 4.06. The van der Waals surface area contributed by atoms with E-state index in [0.29, 0.717) is 0 Å². The SMILES string of the molecule is C.CC(C)(C)c1cc2cc(N)ccc2[nH]1.COc1ccc(C2(C(=O)Nc3ccc4[nH]c(C(C)(C)C)cc4c3)CC2)cc1.COc1ccc(C2(C(=O)O)CC2)cc1. The van der Waals surface area contributed by atoms with Crippen LogP contribution in [0.3, 0.4) is 0 Å². The number of carbonyl (C=O) groups is 2. The van der Waals surface area contributed by atoms with Gasteiger partial charge in [-0.25, -0.2) is 0 Å². The number of methoxy groups -OCH3 is 2. The maximum atomic E-state index is 13.0. The summed E-state index contributed by atoms with van der Waals surface area (Å²) in [6.45, 7) is 13.1. The summed E-state index contributed by atoms with van der Waals surface area (Å²) in [5.41, 5.74) is 13.2. The lowest BCUT2D eigenvalue weighted by Gasteiger charge is -2.16. The summed E-state index contributed by atoms with van der Waals surface area (Å²) in [5.74, 6) is 0.915. The van der Waals surface area contributed by atoms with Crippen LogP contribution in [0.5, 0.6) is 11.5 Å². The van der Waals surface area contributed by atoms with Gasteiger partial charge in [-0.2, -0.15) is 0 Å². The molecule has 56 heavy (non-hydrogen) atoms. The predicted molar refractivity (Wildman–Crippen MR) is 229 cm³/mol. The minimum Gasteiger partial charge on any atom is -0.497 e. The molecule has 2 aromatic heterocycles. The number of anilines is 2. The molecule has 296 valence electrons. The molecule has 9 heteroatoms. The Morgan fingerprint density at radius 1 is 0.643 bits per heavy atom. The van der Waals surface area contributed by atoms with E-state index < -0.39 is 16.8 Å². The summed E-state index contributed by atoms with van der Waals surface area (Å²) in [7, 11) is 3.25. The fourth-order valence-electron chi connectivity index (χ4n) is 6.76. The molecular weight excluding hydrogens is 701 g/mol. The highest BCUT2D eigenvalue weighted by Gasteiger charge is 2.52. The van der Waals surface area contributed by atoms with E-state index in [1.165, 1.54) is 16.8 Å². The van der Waals surface area contributed by atoms with Gasteiger partial charge in [-0.3, -0.25) is 9.59 Å². The molecule has 9 nitrogen and oxygen atoms in total. The van der Waals surface area contributed by atoms with E-state index in [9.17, 15) is 9.59 Å². The number of nitrogens with two attached hydrogens (primary N) is 1. The first-order valence-electron chi connectivity index (χ1n) is 18.8. The summed E-state index contributed by atoms with van der Waals surface area (Å²) in [5, 5.41) is 14.5. The Balaban J connectivity index is 0.000000175. The average molecular weight is 759 g/mol. The normalized spacial score (nSPS) is 14.9. The number of aromatic nitrogens is 2. The number of aliphatic carboxylic acids is 1. The minimum atomic E-state index is -0.720. The second kappa shape index (κ2) is 15.8. The van der Waals surface area contributed by atoms with Gasteiger partial charge in [0.25, 0.3) is 0 Å². The van der Waals surface area contributed by atoms with Crippen LogP contribution in [0.15, 0.2) is 97.1 Å². The van der Waals surface area contributed by atoms with E-state index in [0.717, 1.165) is 76.1 Å². The number of nitrogen functional groups attached to an aromatic ring is 1. The molecule has 4 aromatic carbocycles. The Kier molecular flexibility index (Phi) is 11.7. The number of rotatable bonds is 7. The van der Waals surface area contributed by atoms with Crippen molar-refractivity contribution < 1.29 is 24.2 Å². The second-order valence-electron chi connectivity index (χ2n) is 16.9. The number of carboxylic acid groups (broad SMARTS) is 1. The molecule has 6 aromatic rings. The monoisotopic (exact) mass is 758 g/mol. The van der Waals surface area contributed by atoms with Gasteiger partial charge in [0.05, 0.1) is 25.0 Å². The number of amides is 1. The van der Waals surface area contributed by atoms with Crippen molar-refractivity contribution in [3.8, 4) is 11.5 Å². The van der Waals surface area contributed by atoms with Gasteiger partial charge in [0.15, 0.2) is 0 Å². The summed E-state index contributed by atoms with van der Waals surface area (Å²) in [6.07, 6.45) is 3.25. The van der Waals surface area contributed by atoms with Crippen molar-refractivity contribution in [3.63, 3.8) is 0 Å². The second-order valence-corrected chi connectivity index (χ2v) is 16.9. The molecule has 2 heterocycles. The Morgan fingerprint density at radius 3 is 1.48 bits per heavy atom. The molecule has 0 spiro atoms. The topological polar surface area (TPSA) is 142 Å². The highest BCUT2D eigenvalue weighted by Crippen LogP contribution is 2.50. The van der Waals surface area contributed by atoms with Crippen LogP contribution in [0.4, 0.5) is 11.4 Å². The number of benzene rings is 4. The molecule has 2 saturated carbocycles. The summed E-state index contributed by atoms with van der Waals surface area (Å²) in [6, 6.07) is 31.4. The number of hydrogen-bond donors (Lipinski definition) is 5. The van der Waals surface area contributed by atoms with Crippen molar-refractivity contribution in [2.45, 2.75) is 96.3 Å². The molecule has 2 aliphatic carbocycles. The van der Waals surface area contributed by atoms with Gasteiger partial charge in [0.1, 0.15) is 11.5 Å². The smallest absolute Gasteiger partial charge is 0.314 e. The maximum absolute atomic E-state index is 13.0. The van der Waals surface area contributed by atoms with Gasteiger partial charge in [-0.05, 0) is 110 Å². The van der Waals surface area contributed by atoms with Gasteiger partial charge in [0, 0.05) is 55.4 Å². The maximum Gasteiger partial charge on any atom is 0.314 e. The zero-order chi connectivity index (χ0) is 39.8. The Morgan fingerprint density at radius 2 is 1.07 bits per heavy atom. The lowest BCUT2D eigenvalue weighted by molar-refractivity contribution is -0.140. The number of fused-ring (bicyclic) bond motifs is 2. The molecule has 0 unspecified atom stereocenters. The van der Waals surface area contributed by atoms with Crippen molar-refractivity contribution >= 4 is 45.1 Å². The Hall–Kier alpha value is -5.70. The van der Waals surface area contributed by atoms with Crippen molar-refractivity contribution in [1.29, 1.82) is 0 Å². The molecule has 0 saturated heterocycles. The van der Waals surface area contributed by atoms with Crippen molar-refractivity contribution in [1.82, 2.24) is 9.97 Å². The number of carbonyl (C=O) groups excluding carboxylic acids is 1. The van der Waals surface area contributed by atoms with Crippen molar-refractivity contribution in [3.05, 3.63) is 120 Å². The number of H-pyrrole nitrogens is 2. The van der Waals surface area contributed by atoms with E-state index >= 15 is 0 Å². The van der Waals surface area contributed by atoms with Crippen LogP contribution in [0.2, 0.25) is 0 Å². The lowest BCUT2D eigenvalue weighted by atomic mass is 9.92. The molecule has 2 fully saturated rings. The largest absolute Gasteiger partial charge is 0.497 e. The number of carboxylic acids is 1. The van der Waals surface area contributed by atoms with Crippen LogP contribution in [0.25, 0.3) is 21.8 Å². The van der Waals surface area contributed by atoms with Gasteiger partial charge in [-0.1, -0.05) is 73.2 Å². The molecule has 0 radical (unpaired) electrons. The van der Waals surface area contributed by atoms with Gasteiger partial charge in [0.2, 0.25) is 5.91 Å². The highest BCUT2D eigenvalue weighted by molar-refractivity contribution is 6.02. The Bertz CT molecular complexity index is 2300. The standard InChI is InChI=1S/C23H26N2O2.C12H16N2.C11H12O3.CH4/c1-22(2,3)20-14-15-13-17(7-10-19(15)25-20)24-21(26)23(11-12-23)16-5-8-18(27-4)9-6-16;1-12(2,3)11-7-8-6-9(13)4-5-10(8)14-11;1-14-9-4-2-8(3-5-9)11(6-7-11)10(12)13;/h5-10,13-14,25H,11-12H2,1-4H3,(H,24,26);4-7,14H,13H2,1-3H3;2-5H,6-7H2,1H3,(H,12,13);1H4. The van der Waals surface area contributed by atoms with E-state index in [1.54, 1.807) is 26.4 Å². The van der Waals surface area contributed by atoms with Crippen molar-refractivity contribution in [2.24, 2.45) is 0 Å². The first kappa shape index (κ1) is 41.5. The molecule has 0 bridgehead atoms. The highest BCUT2D eigenvalue weighted by atomic mass is 16.5. The third-order valence-electron chi connectivity index (χ3n) is 10.8. The first-order chi connectivity index (χ1) is 26.0. The third-order valence-corrected chi connectivity index (χ3v) is 10.8. The van der Waals surface area contributed by atoms with Crippen LogP contribution in [0, 0.1) is 0 Å². The van der Waals surface area contributed by atoms with Crippen LogP contribution in [-0.2, 0) is 31.2 Å². The summed E-state index contributed by atoms with van der Waals surface area (Å²) >= 11 is 0. The molecule has 0 atom stereocenters. The molecule has 6 N–H and O–H groups in total. The predicted octanol–water partition coefficient (Wildman–Crippen LogP) is 10.6. The van der Waals surface area contributed by atoms with Crippen LogP contribution in [-0.4, -0.2) is 41.2 Å². The molecule has 1 amide bonds. The summed E-state index contributed by atoms with van der Waals surface area (Å²) < 4.78 is 10.2. The third kappa shape index (κ3) is 8.88. The number of hydrogen-bond acceptors (Lipinski definition) is 5. The number of nitrogens with one attached hydrogen (secondary N) is 3. The lowest BCUT2D eigenvalue weighted by Crippen LogP contribution is -2.27. The molecule has 8 rings (SSSR count). The number of aromatic amines is 2. The van der Waals surface area contributed by atoms with E-state index in [2.05, 4.69) is 69.0 Å². The molecular formula is C47H58N4O5. The minimum absolute atomic E-state index is 0. The van der Waals surface area contributed by atoms with Crippen LogP contribution >= 0.6 is 0 Å². The fourth-order valence-corrected chi connectivity index (χ4v) is 6.76. The van der Waals surface area contributed by atoms with E-state index in [-0.39, 0.29) is 24.2 Å². The number of ether oxygens (including phenoxy) is 2. The van der Waals surface area contributed by atoms with Crippen molar-refractivity contribution in [2.75, 3.05) is 25.3 Å². The Labute approximate surface area is 331 Å². The van der Waals surface area contributed by atoms with Gasteiger partial charge in [-0.15, -0.1) is 0 Å². The fraction of sp³-hybridized carbons (Fsp3) is 0.362. The molecule has 0 aliphatic heterocycles. The van der Waals surface area contributed by atoms with E-state index in [4.69, 9.17) is 20.3 Å².